The number of nitrogens with zero attached hydrogens (tertiary/aromatic N) is 2. The SMILES string of the molecule is NC(=O)N1CCN(C(=O)CSCc2ccccc2Oc2ccc3ccccc3c2)CC1. The Hall–Kier alpha value is -3.19. The molecule has 0 atom stereocenters. The average Bonchev–Trinajstić information content (AvgIpc) is 2.80. The lowest BCUT2D eigenvalue weighted by Crippen LogP contribution is -2.52. The highest BCUT2D eigenvalue weighted by molar-refractivity contribution is 7.99. The fraction of sp³-hybridized carbons (Fsp3) is 0.250. The van der Waals surface area contributed by atoms with Gasteiger partial charge >= 0.3 is 6.03 Å². The first-order valence-electron chi connectivity index (χ1n) is 10.2. The topological polar surface area (TPSA) is 75.9 Å². The largest absolute Gasteiger partial charge is 0.457 e. The first kappa shape index (κ1) is 21.1. The summed E-state index contributed by atoms with van der Waals surface area (Å²) in [6, 6.07) is 21.7. The van der Waals surface area contributed by atoms with Crippen LogP contribution in [0.25, 0.3) is 10.8 Å². The molecule has 1 aliphatic heterocycles. The van der Waals surface area contributed by atoms with Gasteiger partial charge in [-0.1, -0.05) is 48.5 Å². The van der Waals surface area contributed by atoms with Crippen molar-refractivity contribution in [2.45, 2.75) is 5.75 Å². The lowest BCUT2D eigenvalue weighted by Gasteiger charge is -2.33. The minimum absolute atomic E-state index is 0.0852. The van der Waals surface area contributed by atoms with E-state index in [1.54, 1.807) is 21.6 Å². The Morgan fingerprint density at radius 2 is 1.55 bits per heavy atom. The average molecular weight is 436 g/mol. The molecule has 1 fully saturated rings. The standard InChI is InChI=1S/C24H25N3O3S/c25-24(29)27-13-11-26(12-14-27)23(28)17-31-16-20-7-3-4-8-22(20)30-21-10-9-18-5-1-2-6-19(18)15-21/h1-10,15H,11-14,16-17H2,(H2,25,29). The molecule has 4 rings (SSSR count). The second-order valence-electron chi connectivity index (χ2n) is 7.42. The molecule has 1 saturated heterocycles. The number of urea groups is 1. The van der Waals surface area contributed by atoms with Crippen LogP contribution in [0.2, 0.25) is 0 Å². The van der Waals surface area contributed by atoms with Crippen molar-refractivity contribution in [2.24, 2.45) is 5.73 Å². The number of thioether (sulfide) groups is 1. The molecule has 2 N–H and O–H groups in total. The van der Waals surface area contributed by atoms with Crippen LogP contribution in [0.4, 0.5) is 4.79 Å². The number of para-hydroxylation sites is 1. The maximum absolute atomic E-state index is 12.5. The number of hydrogen-bond acceptors (Lipinski definition) is 4. The summed E-state index contributed by atoms with van der Waals surface area (Å²) in [7, 11) is 0. The summed E-state index contributed by atoms with van der Waals surface area (Å²) in [4.78, 5) is 27.1. The van der Waals surface area contributed by atoms with Crippen molar-refractivity contribution in [3.63, 3.8) is 0 Å². The van der Waals surface area contributed by atoms with Gasteiger partial charge in [0.25, 0.3) is 0 Å². The molecular formula is C24H25N3O3S. The van der Waals surface area contributed by atoms with E-state index in [9.17, 15) is 9.59 Å². The van der Waals surface area contributed by atoms with Gasteiger partial charge in [0.15, 0.2) is 0 Å². The molecule has 0 aromatic heterocycles. The quantitative estimate of drug-likeness (QED) is 0.633. The highest BCUT2D eigenvalue weighted by Gasteiger charge is 2.22. The molecule has 3 aromatic rings. The number of piperazine rings is 1. The smallest absolute Gasteiger partial charge is 0.314 e. The molecule has 1 aliphatic rings. The van der Waals surface area contributed by atoms with Crippen molar-refractivity contribution >= 4 is 34.5 Å². The molecule has 0 aliphatic carbocycles. The summed E-state index contributed by atoms with van der Waals surface area (Å²) in [6.45, 7) is 2.05. The zero-order chi connectivity index (χ0) is 21.6. The molecule has 7 heteroatoms. The maximum atomic E-state index is 12.5. The number of ether oxygens (including phenoxy) is 1. The summed E-state index contributed by atoms with van der Waals surface area (Å²) >= 11 is 1.57. The molecule has 0 unspecified atom stereocenters. The van der Waals surface area contributed by atoms with E-state index in [0.29, 0.717) is 37.7 Å². The predicted molar refractivity (Wildman–Crippen MR) is 124 cm³/mol. The summed E-state index contributed by atoms with van der Waals surface area (Å²) in [5.74, 6) is 2.74. The highest BCUT2D eigenvalue weighted by Crippen LogP contribution is 2.30. The fourth-order valence-electron chi connectivity index (χ4n) is 3.60. The minimum Gasteiger partial charge on any atom is -0.457 e. The molecule has 31 heavy (non-hydrogen) atoms. The summed E-state index contributed by atoms with van der Waals surface area (Å²) in [5, 5.41) is 2.31. The van der Waals surface area contributed by atoms with Crippen molar-refractivity contribution in [1.29, 1.82) is 0 Å². The van der Waals surface area contributed by atoms with Crippen LogP contribution in [0.15, 0.2) is 66.7 Å². The van der Waals surface area contributed by atoms with E-state index in [1.165, 1.54) is 5.39 Å². The maximum Gasteiger partial charge on any atom is 0.314 e. The van der Waals surface area contributed by atoms with Gasteiger partial charge < -0.3 is 20.3 Å². The molecule has 160 valence electrons. The summed E-state index contributed by atoms with van der Waals surface area (Å²) in [5.41, 5.74) is 6.35. The van der Waals surface area contributed by atoms with Gasteiger partial charge in [0, 0.05) is 37.5 Å². The molecule has 3 amide bonds. The van der Waals surface area contributed by atoms with Gasteiger partial charge in [-0.3, -0.25) is 4.79 Å². The predicted octanol–water partition coefficient (Wildman–Crippen LogP) is 4.09. The third kappa shape index (κ3) is 5.30. The van der Waals surface area contributed by atoms with Crippen LogP contribution in [0.5, 0.6) is 11.5 Å². The van der Waals surface area contributed by atoms with Gasteiger partial charge in [-0.25, -0.2) is 4.79 Å². The van der Waals surface area contributed by atoms with Crippen molar-refractivity contribution in [3.8, 4) is 11.5 Å². The van der Waals surface area contributed by atoms with Crippen molar-refractivity contribution < 1.29 is 14.3 Å². The van der Waals surface area contributed by atoms with E-state index in [0.717, 1.165) is 22.4 Å². The van der Waals surface area contributed by atoms with E-state index in [-0.39, 0.29) is 5.91 Å². The zero-order valence-corrected chi connectivity index (χ0v) is 18.0. The van der Waals surface area contributed by atoms with Crippen molar-refractivity contribution in [2.75, 3.05) is 31.9 Å². The number of carbonyl (C=O) groups is 2. The molecule has 0 radical (unpaired) electrons. The zero-order valence-electron chi connectivity index (χ0n) is 17.2. The van der Waals surface area contributed by atoms with Crippen molar-refractivity contribution in [1.82, 2.24) is 9.80 Å². The molecule has 1 heterocycles. The Kier molecular flexibility index (Phi) is 6.62. The van der Waals surface area contributed by atoms with Crippen LogP contribution in [0.3, 0.4) is 0 Å². The first-order valence-corrected chi connectivity index (χ1v) is 11.4. The van der Waals surface area contributed by atoms with Crippen LogP contribution in [0, 0.1) is 0 Å². The number of carbonyl (C=O) groups excluding carboxylic acids is 2. The lowest BCUT2D eigenvalue weighted by molar-refractivity contribution is -0.129. The van der Waals surface area contributed by atoms with E-state index >= 15 is 0 Å². The number of nitrogens with two attached hydrogens (primary N) is 1. The van der Waals surface area contributed by atoms with Crippen LogP contribution in [0.1, 0.15) is 5.56 Å². The number of rotatable bonds is 6. The third-order valence-electron chi connectivity index (χ3n) is 5.35. The van der Waals surface area contributed by atoms with Crippen LogP contribution in [-0.2, 0) is 10.5 Å². The Labute approximate surface area is 186 Å². The van der Waals surface area contributed by atoms with E-state index in [2.05, 4.69) is 18.2 Å². The molecule has 6 nitrogen and oxygen atoms in total. The Balaban J connectivity index is 1.33. The summed E-state index contributed by atoms with van der Waals surface area (Å²) < 4.78 is 6.17. The first-order chi connectivity index (χ1) is 15.1. The number of fused-ring (bicyclic) bond motifs is 1. The molecule has 0 bridgehead atoms. The van der Waals surface area contributed by atoms with E-state index < -0.39 is 6.03 Å². The molecule has 3 aromatic carbocycles. The van der Waals surface area contributed by atoms with Crippen molar-refractivity contribution in [3.05, 3.63) is 72.3 Å². The number of primary amides is 1. The van der Waals surface area contributed by atoms with Gasteiger partial charge in [0.1, 0.15) is 11.5 Å². The minimum atomic E-state index is -0.426. The fourth-order valence-corrected chi connectivity index (χ4v) is 4.51. The van der Waals surface area contributed by atoms with E-state index in [4.69, 9.17) is 10.5 Å². The van der Waals surface area contributed by atoms with Gasteiger partial charge in [-0.2, -0.15) is 0 Å². The van der Waals surface area contributed by atoms with Crippen LogP contribution < -0.4 is 10.5 Å². The highest BCUT2D eigenvalue weighted by atomic mass is 32.2. The van der Waals surface area contributed by atoms with Gasteiger partial charge in [0.2, 0.25) is 5.91 Å². The third-order valence-corrected chi connectivity index (χ3v) is 6.31. The second-order valence-corrected chi connectivity index (χ2v) is 8.40. The second kappa shape index (κ2) is 9.75. The monoisotopic (exact) mass is 435 g/mol. The van der Waals surface area contributed by atoms with Crippen LogP contribution in [-0.4, -0.2) is 53.7 Å². The van der Waals surface area contributed by atoms with E-state index in [1.807, 2.05) is 48.5 Å². The Morgan fingerprint density at radius 3 is 2.32 bits per heavy atom. The van der Waals surface area contributed by atoms with Gasteiger partial charge in [-0.05, 0) is 29.0 Å². The number of amides is 3. The van der Waals surface area contributed by atoms with Gasteiger partial charge in [0.05, 0.1) is 5.75 Å². The molecule has 0 saturated carbocycles. The molecular weight excluding hydrogens is 410 g/mol. The Bertz CT molecular complexity index is 1080. The summed E-state index contributed by atoms with van der Waals surface area (Å²) in [6.07, 6.45) is 0. The van der Waals surface area contributed by atoms with Gasteiger partial charge in [-0.15, -0.1) is 11.8 Å². The van der Waals surface area contributed by atoms with Crippen LogP contribution >= 0.6 is 11.8 Å². The number of hydrogen-bond donors (Lipinski definition) is 1. The number of benzene rings is 3. The lowest BCUT2D eigenvalue weighted by atomic mass is 10.1. The normalized spacial score (nSPS) is 13.9. The molecule has 0 spiro atoms. The Morgan fingerprint density at radius 1 is 0.871 bits per heavy atom.